The van der Waals surface area contributed by atoms with Gasteiger partial charge >= 0.3 is 6.18 Å². The van der Waals surface area contributed by atoms with E-state index in [1.165, 1.54) is 6.07 Å². The number of hydrogen-bond donors (Lipinski definition) is 0. The molecule has 0 spiro atoms. The Hall–Kier alpha value is -1.96. The maximum atomic E-state index is 12.6. The first-order chi connectivity index (χ1) is 8.93. The number of hydrogen-bond acceptors (Lipinski definition) is 2. The molecular weight excluding hydrogens is 253 g/mol. The molecule has 0 atom stereocenters. The third-order valence-corrected chi connectivity index (χ3v) is 2.63. The van der Waals surface area contributed by atoms with Crippen molar-refractivity contribution < 1.29 is 13.2 Å². The first-order valence-corrected chi connectivity index (χ1v) is 5.91. The molecule has 0 amide bonds. The van der Waals surface area contributed by atoms with E-state index in [9.17, 15) is 13.2 Å². The van der Waals surface area contributed by atoms with Gasteiger partial charge in [-0.25, -0.2) is 0 Å². The van der Waals surface area contributed by atoms with Gasteiger partial charge in [-0.2, -0.15) is 18.4 Å². The summed E-state index contributed by atoms with van der Waals surface area (Å²) in [6, 6.07) is 5.07. The van der Waals surface area contributed by atoms with Crippen molar-refractivity contribution in [3.8, 4) is 6.07 Å². The fourth-order valence-electron chi connectivity index (χ4n) is 1.81. The maximum Gasteiger partial charge on any atom is 0.416 e. The zero-order chi connectivity index (χ0) is 14.5. The van der Waals surface area contributed by atoms with Gasteiger partial charge in [-0.3, -0.25) is 0 Å². The van der Waals surface area contributed by atoms with Crippen LogP contribution in [-0.2, 0) is 6.18 Å². The van der Waals surface area contributed by atoms with E-state index in [0.29, 0.717) is 18.8 Å². The molecule has 0 aliphatic rings. The van der Waals surface area contributed by atoms with Crippen LogP contribution in [0.1, 0.15) is 24.5 Å². The Balaban J connectivity index is 3.21. The number of alkyl halides is 3. The maximum absolute atomic E-state index is 12.6. The monoisotopic (exact) mass is 268 g/mol. The molecule has 0 bridgehead atoms. The normalized spacial score (nSPS) is 10.9. The van der Waals surface area contributed by atoms with E-state index in [-0.39, 0.29) is 5.56 Å². The van der Waals surface area contributed by atoms with Gasteiger partial charge in [-0.15, -0.1) is 6.58 Å². The minimum absolute atomic E-state index is 0.0325. The Morgan fingerprint density at radius 1 is 1.42 bits per heavy atom. The molecule has 0 heterocycles. The van der Waals surface area contributed by atoms with Gasteiger partial charge in [-0.05, 0) is 24.6 Å². The molecule has 2 nitrogen and oxygen atoms in total. The van der Waals surface area contributed by atoms with Crippen molar-refractivity contribution in [1.29, 1.82) is 5.26 Å². The van der Waals surface area contributed by atoms with Gasteiger partial charge in [0, 0.05) is 13.1 Å². The van der Waals surface area contributed by atoms with E-state index in [1.807, 2.05) is 17.9 Å². The molecule has 0 radical (unpaired) electrons. The molecule has 0 aliphatic carbocycles. The van der Waals surface area contributed by atoms with Crippen LogP contribution < -0.4 is 4.90 Å². The van der Waals surface area contributed by atoms with E-state index >= 15 is 0 Å². The third kappa shape index (κ3) is 3.75. The number of benzene rings is 1. The standard InChI is InChI=1S/C14H15F3N2/c1-3-7-19(8-4-2)13-6-5-12(14(15,16)17)9-11(13)10-18/h3,5-6,9H,1,4,7-8H2,2H3. The Bertz CT molecular complexity index is 486. The smallest absolute Gasteiger partial charge is 0.367 e. The van der Waals surface area contributed by atoms with Gasteiger partial charge in [0.1, 0.15) is 6.07 Å². The summed E-state index contributed by atoms with van der Waals surface area (Å²) in [4.78, 5) is 1.84. The van der Waals surface area contributed by atoms with Crippen LogP contribution in [0.4, 0.5) is 18.9 Å². The van der Waals surface area contributed by atoms with Gasteiger partial charge in [0.2, 0.25) is 0 Å². The van der Waals surface area contributed by atoms with Gasteiger partial charge < -0.3 is 4.90 Å². The van der Waals surface area contributed by atoms with Crippen LogP contribution in [0, 0.1) is 11.3 Å². The summed E-state index contributed by atoms with van der Waals surface area (Å²) in [5, 5.41) is 9.02. The minimum atomic E-state index is -4.43. The van der Waals surface area contributed by atoms with Crippen molar-refractivity contribution in [1.82, 2.24) is 0 Å². The van der Waals surface area contributed by atoms with Crippen LogP contribution in [0.5, 0.6) is 0 Å². The minimum Gasteiger partial charge on any atom is -0.367 e. The van der Waals surface area contributed by atoms with Gasteiger partial charge in [-0.1, -0.05) is 13.0 Å². The Labute approximate surface area is 110 Å². The zero-order valence-corrected chi connectivity index (χ0v) is 10.7. The van der Waals surface area contributed by atoms with Crippen LogP contribution >= 0.6 is 0 Å². The number of rotatable bonds is 5. The molecule has 19 heavy (non-hydrogen) atoms. The summed E-state index contributed by atoms with van der Waals surface area (Å²) in [6.07, 6.45) is -1.94. The van der Waals surface area contributed by atoms with Crippen LogP contribution in [0.25, 0.3) is 0 Å². The van der Waals surface area contributed by atoms with Crippen LogP contribution in [0.2, 0.25) is 0 Å². The van der Waals surface area contributed by atoms with Crippen molar-refractivity contribution in [3.63, 3.8) is 0 Å². The first kappa shape index (κ1) is 15.1. The summed E-state index contributed by atoms with van der Waals surface area (Å²) in [7, 11) is 0. The van der Waals surface area contributed by atoms with Gasteiger partial charge in [0.15, 0.2) is 0 Å². The molecule has 0 saturated carbocycles. The summed E-state index contributed by atoms with van der Waals surface area (Å²) in [6.45, 7) is 6.73. The highest BCUT2D eigenvalue weighted by molar-refractivity contribution is 5.61. The molecule has 0 fully saturated rings. The number of nitriles is 1. The van der Waals surface area contributed by atoms with Crippen LogP contribution in [0.15, 0.2) is 30.9 Å². The highest BCUT2D eigenvalue weighted by Crippen LogP contribution is 2.32. The van der Waals surface area contributed by atoms with Crippen molar-refractivity contribution in [2.24, 2.45) is 0 Å². The SMILES string of the molecule is C=CCN(CCC)c1ccc(C(F)(F)F)cc1C#N. The highest BCUT2D eigenvalue weighted by Gasteiger charge is 2.31. The lowest BCUT2D eigenvalue weighted by Crippen LogP contribution is -2.25. The fourth-order valence-corrected chi connectivity index (χ4v) is 1.81. The number of nitrogens with zero attached hydrogens (tertiary/aromatic N) is 2. The predicted molar refractivity (Wildman–Crippen MR) is 68.9 cm³/mol. The average molecular weight is 268 g/mol. The van der Waals surface area contributed by atoms with Crippen molar-refractivity contribution in [2.45, 2.75) is 19.5 Å². The highest BCUT2D eigenvalue weighted by atomic mass is 19.4. The van der Waals surface area contributed by atoms with E-state index in [2.05, 4.69) is 6.58 Å². The molecule has 0 saturated heterocycles. The van der Waals surface area contributed by atoms with Gasteiger partial charge in [0.05, 0.1) is 16.8 Å². The van der Waals surface area contributed by atoms with Crippen molar-refractivity contribution in [2.75, 3.05) is 18.0 Å². The molecule has 0 unspecified atom stereocenters. The first-order valence-electron chi connectivity index (χ1n) is 5.91. The summed E-state index contributed by atoms with van der Waals surface area (Å²) >= 11 is 0. The van der Waals surface area contributed by atoms with E-state index < -0.39 is 11.7 Å². The second kappa shape index (κ2) is 6.28. The summed E-state index contributed by atoms with van der Waals surface area (Å²) in [5.41, 5.74) is -0.259. The number of halogens is 3. The Morgan fingerprint density at radius 3 is 2.58 bits per heavy atom. The van der Waals surface area contributed by atoms with Crippen molar-refractivity contribution >= 4 is 5.69 Å². The molecule has 1 aromatic carbocycles. The lowest BCUT2D eigenvalue weighted by molar-refractivity contribution is -0.137. The molecule has 1 rings (SSSR count). The molecule has 0 aliphatic heterocycles. The quantitative estimate of drug-likeness (QED) is 0.755. The van der Waals surface area contributed by atoms with E-state index in [0.717, 1.165) is 18.6 Å². The average Bonchev–Trinajstić information content (AvgIpc) is 2.36. The third-order valence-electron chi connectivity index (χ3n) is 2.63. The second-order valence-corrected chi connectivity index (χ2v) is 4.08. The molecule has 5 heteroatoms. The topological polar surface area (TPSA) is 27.0 Å². The van der Waals surface area contributed by atoms with Crippen molar-refractivity contribution in [3.05, 3.63) is 42.0 Å². The molecular formula is C14H15F3N2. The van der Waals surface area contributed by atoms with E-state index in [4.69, 9.17) is 5.26 Å². The zero-order valence-electron chi connectivity index (χ0n) is 10.7. The Morgan fingerprint density at radius 2 is 2.11 bits per heavy atom. The molecule has 1 aromatic rings. The fraction of sp³-hybridized carbons (Fsp3) is 0.357. The summed E-state index contributed by atoms with van der Waals surface area (Å²) in [5.74, 6) is 0. The molecule has 0 N–H and O–H groups in total. The van der Waals surface area contributed by atoms with Crippen LogP contribution in [-0.4, -0.2) is 13.1 Å². The number of anilines is 1. The lowest BCUT2D eigenvalue weighted by Gasteiger charge is -2.24. The largest absolute Gasteiger partial charge is 0.416 e. The lowest BCUT2D eigenvalue weighted by atomic mass is 10.1. The summed E-state index contributed by atoms with van der Waals surface area (Å²) < 4.78 is 37.8. The molecule has 102 valence electrons. The molecule has 0 aromatic heterocycles. The predicted octanol–water partition coefficient (Wildman–Crippen LogP) is 3.98. The Kier molecular flexibility index (Phi) is 4.99. The second-order valence-electron chi connectivity index (χ2n) is 4.08. The van der Waals surface area contributed by atoms with Gasteiger partial charge in [0.25, 0.3) is 0 Å². The van der Waals surface area contributed by atoms with Crippen LogP contribution in [0.3, 0.4) is 0 Å². The van der Waals surface area contributed by atoms with E-state index in [1.54, 1.807) is 6.08 Å².